The largest absolute Gasteiger partial charge is 0.481 e. The Morgan fingerprint density at radius 3 is 2.33 bits per heavy atom. The van der Waals surface area contributed by atoms with Crippen LogP contribution >= 0.6 is 11.6 Å². The second kappa shape index (κ2) is 5.46. The minimum absolute atomic E-state index is 0.0908. The van der Waals surface area contributed by atoms with Gasteiger partial charge in [-0.3, -0.25) is 19.7 Å². The van der Waals surface area contributed by atoms with Gasteiger partial charge in [0.25, 0.3) is 5.69 Å². The molecule has 8 heteroatoms. The maximum atomic E-state index is 10.7. The quantitative estimate of drug-likeness (QED) is 0.478. The molecule has 2 N–H and O–H groups in total. The molecule has 7 nitrogen and oxygen atoms in total. The van der Waals surface area contributed by atoms with Gasteiger partial charge in [0.2, 0.25) is 0 Å². The first-order valence-electron chi connectivity index (χ1n) is 4.71. The molecule has 0 bridgehead atoms. The van der Waals surface area contributed by atoms with E-state index >= 15 is 0 Å². The van der Waals surface area contributed by atoms with Gasteiger partial charge in [0.15, 0.2) is 5.92 Å². The fourth-order valence-electron chi connectivity index (χ4n) is 1.33. The first-order chi connectivity index (χ1) is 8.32. The van der Waals surface area contributed by atoms with Gasteiger partial charge in [-0.25, -0.2) is 0 Å². The van der Waals surface area contributed by atoms with Gasteiger partial charge >= 0.3 is 11.9 Å². The summed E-state index contributed by atoms with van der Waals surface area (Å²) in [6.45, 7) is 0. The lowest BCUT2D eigenvalue weighted by Crippen LogP contribution is -2.25. The van der Waals surface area contributed by atoms with E-state index in [1.54, 1.807) is 0 Å². The van der Waals surface area contributed by atoms with E-state index in [1.165, 1.54) is 6.07 Å². The molecular weight excluding hydrogens is 266 g/mol. The van der Waals surface area contributed by atoms with Crippen molar-refractivity contribution >= 4 is 29.2 Å². The van der Waals surface area contributed by atoms with E-state index in [0.29, 0.717) is 0 Å². The van der Waals surface area contributed by atoms with Crippen LogP contribution in [0.4, 0.5) is 5.69 Å². The van der Waals surface area contributed by atoms with E-state index in [1.807, 2.05) is 0 Å². The van der Waals surface area contributed by atoms with Gasteiger partial charge in [-0.05, 0) is 18.1 Å². The van der Waals surface area contributed by atoms with Crippen LogP contribution in [0.25, 0.3) is 0 Å². The summed E-state index contributed by atoms with van der Waals surface area (Å²) >= 11 is 5.75. The smallest absolute Gasteiger partial charge is 0.318 e. The highest BCUT2D eigenvalue weighted by atomic mass is 35.5. The zero-order valence-corrected chi connectivity index (χ0v) is 9.63. The highest BCUT2D eigenvalue weighted by molar-refractivity contribution is 6.31. The van der Waals surface area contributed by atoms with E-state index in [4.69, 9.17) is 21.8 Å². The monoisotopic (exact) mass is 273 g/mol. The van der Waals surface area contributed by atoms with E-state index < -0.39 is 29.2 Å². The van der Waals surface area contributed by atoms with E-state index in [9.17, 15) is 19.7 Å². The lowest BCUT2D eigenvalue weighted by Gasteiger charge is -2.08. The molecule has 0 aliphatic rings. The lowest BCUT2D eigenvalue weighted by molar-refractivity contribution is -0.384. The van der Waals surface area contributed by atoms with E-state index in [0.717, 1.165) is 12.1 Å². The Bertz CT molecular complexity index is 501. The summed E-state index contributed by atoms with van der Waals surface area (Å²) in [7, 11) is 0. The highest BCUT2D eigenvalue weighted by Crippen LogP contribution is 2.24. The number of hydrogen-bond acceptors (Lipinski definition) is 4. The van der Waals surface area contributed by atoms with Gasteiger partial charge in [0.1, 0.15) is 0 Å². The average molecular weight is 274 g/mol. The van der Waals surface area contributed by atoms with Crippen molar-refractivity contribution in [1.29, 1.82) is 0 Å². The van der Waals surface area contributed by atoms with Crippen molar-refractivity contribution in [2.24, 2.45) is 5.92 Å². The molecule has 1 rings (SSSR count). The number of nitro benzene ring substituents is 1. The number of benzene rings is 1. The molecule has 0 fully saturated rings. The zero-order valence-electron chi connectivity index (χ0n) is 8.87. The molecule has 0 heterocycles. The molecule has 0 amide bonds. The molecule has 0 saturated carbocycles. The molecule has 1 aromatic rings. The summed E-state index contributed by atoms with van der Waals surface area (Å²) in [6.07, 6.45) is -0.412. The summed E-state index contributed by atoms with van der Waals surface area (Å²) in [5, 5.41) is 28.1. The number of carboxylic acid groups (broad SMARTS) is 2. The Balaban J connectivity index is 3.09. The van der Waals surface area contributed by atoms with Crippen LogP contribution in [0.3, 0.4) is 0 Å². The van der Waals surface area contributed by atoms with Crippen LogP contribution in [0.5, 0.6) is 0 Å². The van der Waals surface area contributed by atoms with Gasteiger partial charge in [-0.2, -0.15) is 0 Å². The molecule has 96 valence electrons. The Hall–Kier alpha value is -2.15. The van der Waals surface area contributed by atoms with Crippen molar-refractivity contribution in [3.05, 3.63) is 38.9 Å². The van der Waals surface area contributed by atoms with Gasteiger partial charge in [-0.15, -0.1) is 0 Å². The zero-order chi connectivity index (χ0) is 13.9. The summed E-state index contributed by atoms with van der Waals surface area (Å²) in [5.74, 6) is -4.74. The van der Waals surface area contributed by atoms with Crippen molar-refractivity contribution in [3.8, 4) is 0 Å². The maximum absolute atomic E-state index is 10.7. The molecule has 18 heavy (non-hydrogen) atoms. The van der Waals surface area contributed by atoms with Crippen LogP contribution in [0.2, 0.25) is 5.02 Å². The third-order valence-electron chi connectivity index (χ3n) is 2.26. The SMILES string of the molecule is O=C(O)C(Cc1cc([N+](=O)[O-])ccc1Cl)C(=O)O. The van der Waals surface area contributed by atoms with Gasteiger partial charge in [-0.1, -0.05) is 11.6 Å². The summed E-state index contributed by atoms with van der Waals surface area (Å²) < 4.78 is 0. The van der Waals surface area contributed by atoms with Crippen LogP contribution in [0.1, 0.15) is 5.56 Å². The predicted molar refractivity (Wildman–Crippen MR) is 60.6 cm³/mol. The molecule has 0 aliphatic heterocycles. The van der Waals surface area contributed by atoms with Crippen LogP contribution < -0.4 is 0 Å². The molecule has 0 aromatic heterocycles. The van der Waals surface area contributed by atoms with E-state index in [2.05, 4.69) is 0 Å². The molecule has 0 saturated heterocycles. The second-order valence-corrected chi connectivity index (χ2v) is 3.87. The van der Waals surface area contributed by atoms with Crippen LogP contribution in [-0.2, 0) is 16.0 Å². The Labute approximate surface area is 106 Å². The highest BCUT2D eigenvalue weighted by Gasteiger charge is 2.27. The third kappa shape index (κ3) is 3.17. The number of carboxylic acids is 2. The van der Waals surface area contributed by atoms with Crippen molar-refractivity contribution in [1.82, 2.24) is 0 Å². The number of nitrogens with zero attached hydrogens (tertiary/aromatic N) is 1. The van der Waals surface area contributed by atoms with E-state index in [-0.39, 0.29) is 16.3 Å². The first kappa shape index (κ1) is 13.9. The van der Waals surface area contributed by atoms with Crippen LogP contribution in [0, 0.1) is 16.0 Å². The molecule has 0 aliphatic carbocycles. The second-order valence-electron chi connectivity index (χ2n) is 3.47. The van der Waals surface area contributed by atoms with Crippen LogP contribution in [0.15, 0.2) is 18.2 Å². The van der Waals surface area contributed by atoms with Crippen molar-refractivity contribution in [3.63, 3.8) is 0 Å². The first-order valence-corrected chi connectivity index (χ1v) is 5.09. The molecule has 0 unspecified atom stereocenters. The third-order valence-corrected chi connectivity index (χ3v) is 2.63. The summed E-state index contributed by atoms with van der Waals surface area (Å²) in [4.78, 5) is 31.3. The standard InChI is InChI=1S/C10H8ClNO6/c11-8-2-1-6(12(17)18)3-5(8)4-7(9(13)14)10(15)16/h1-3,7H,4H2,(H,13,14)(H,15,16). The Morgan fingerprint density at radius 1 is 1.33 bits per heavy atom. The number of hydrogen-bond donors (Lipinski definition) is 2. The number of halogens is 1. The summed E-state index contributed by atoms with van der Waals surface area (Å²) in [5.41, 5.74) is -0.162. The average Bonchev–Trinajstić information content (AvgIpc) is 2.26. The molecule has 0 spiro atoms. The van der Waals surface area contributed by atoms with Crippen molar-refractivity contribution in [2.75, 3.05) is 0 Å². The fourth-order valence-corrected chi connectivity index (χ4v) is 1.53. The molecule has 1 aromatic carbocycles. The molecule has 0 radical (unpaired) electrons. The Kier molecular flexibility index (Phi) is 4.22. The number of rotatable bonds is 5. The number of carbonyl (C=O) groups is 2. The van der Waals surface area contributed by atoms with Gasteiger partial charge < -0.3 is 10.2 Å². The lowest BCUT2D eigenvalue weighted by atomic mass is 9.99. The summed E-state index contributed by atoms with van der Waals surface area (Å²) in [6, 6.07) is 3.46. The van der Waals surface area contributed by atoms with Crippen molar-refractivity contribution < 1.29 is 24.7 Å². The minimum atomic E-state index is -1.69. The topological polar surface area (TPSA) is 118 Å². The fraction of sp³-hybridized carbons (Fsp3) is 0.200. The minimum Gasteiger partial charge on any atom is -0.481 e. The van der Waals surface area contributed by atoms with Crippen molar-refractivity contribution in [2.45, 2.75) is 6.42 Å². The normalized spacial score (nSPS) is 10.3. The number of aliphatic carboxylic acids is 2. The predicted octanol–water partition coefficient (Wildman–Crippen LogP) is 1.58. The molecular formula is C10H8ClNO6. The van der Waals surface area contributed by atoms with Crippen LogP contribution in [-0.4, -0.2) is 27.1 Å². The van der Waals surface area contributed by atoms with Gasteiger partial charge in [0, 0.05) is 17.2 Å². The maximum Gasteiger partial charge on any atom is 0.318 e. The number of nitro groups is 1. The molecule has 0 atom stereocenters. The Morgan fingerprint density at radius 2 is 1.89 bits per heavy atom. The number of non-ortho nitro benzene ring substituents is 1. The van der Waals surface area contributed by atoms with Gasteiger partial charge in [0.05, 0.1) is 4.92 Å².